The van der Waals surface area contributed by atoms with Gasteiger partial charge in [0.25, 0.3) is 0 Å². The Morgan fingerprint density at radius 2 is 1.77 bits per heavy atom. The number of benzene rings is 2. The summed E-state index contributed by atoms with van der Waals surface area (Å²) < 4.78 is 0. The van der Waals surface area contributed by atoms with Crippen LogP contribution >= 0.6 is 11.8 Å². The van der Waals surface area contributed by atoms with Gasteiger partial charge in [-0.25, -0.2) is 0 Å². The van der Waals surface area contributed by atoms with Crippen LogP contribution in [0.25, 0.3) is 10.8 Å². The summed E-state index contributed by atoms with van der Waals surface area (Å²) in [5, 5.41) is 2.48. The fraction of sp³-hybridized carbons (Fsp3) is 0.421. The van der Waals surface area contributed by atoms with Crippen LogP contribution in [0.4, 0.5) is 0 Å². The van der Waals surface area contributed by atoms with E-state index in [1.807, 2.05) is 4.90 Å². The van der Waals surface area contributed by atoms with Gasteiger partial charge in [-0.2, -0.15) is 0 Å². The second-order valence-electron chi connectivity index (χ2n) is 6.54. The van der Waals surface area contributed by atoms with Crippen molar-refractivity contribution < 1.29 is 4.79 Å². The molecule has 0 spiro atoms. The standard InChI is InChI=1S/C19H23NOS/c1-14-9-15(2)12-20(11-14)19(21)13-22-18-8-7-16-5-3-4-6-17(16)10-18/h3-8,10,14-15H,9,11-13H2,1-2H3. The molecule has 1 saturated heterocycles. The Bertz CT molecular complexity index is 659. The predicted octanol–water partition coefficient (Wildman–Crippen LogP) is 4.44. The highest BCUT2D eigenvalue weighted by atomic mass is 32.2. The maximum atomic E-state index is 12.4. The summed E-state index contributed by atoms with van der Waals surface area (Å²) in [5.41, 5.74) is 0. The molecule has 3 rings (SSSR count). The maximum Gasteiger partial charge on any atom is 0.232 e. The van der Waals surface area contributed by atoms with Crippen LogP contribution in [0.3, 0.4) is 0 Å². The fourth-order valence-electron chi connectivity index (χ4n) is 3.36. The van der Waals surface area contributed by atoms with Crippen LogP contribution in [-0.2, 0) is 4.79 Å². The normalized spacial score (nSPS) is 22.0. The molecule has 116 valence electrons. The quantitative estimate of drug-likeness (QED) is 0.781. The third-order valence-electron chi connectivity index (χ3n) is 4.30. The first kappa shape index (κ1) is 15.4. The molecule has 1 aliphatic heterocycles. The van der Waals surface area contributed by atoms with Crippen molar-refractivity contribution in [2.45, 2.75) is 25.2 Å². The zero-order valence-electron chi connectivity index (χ0n) is 13.3. The Morgan fingerprint density at radius 3 is 2.50 bits per heavy atom. The van der Waals surface area contributed by atoms with E-state index >= 15 is 0 Å². The Labute approximate surface area is 136 Å². The molecular weight excluding hydrogens is 290 g/mol. The van der Waals surface area contributed by atoms with Crippen molar-refractivity contribution in [1.82, 2.24) is 4.90 Å². The minimum atomic E-state index is 0.275. The summed E-state index contributed by atoms with van der Waals surface area (Å²) in [6.45, 7) is 6.32. The third-order valence-corrected chi connectivity index (χ3v) is 5.28. The van der Waals surface area contributed by atoms with Gasteiger partial charge in [0.2, 0.25) is 5.91 Å². The highest BCUT2D eigenvalue weighted by Crippen LogP contribution is 2.26. The average Bonchev–Trinajstić information content (AvgIpc) is 2.51. The van der Waals surface area contributed by atoms with E-state index in [9.17, 15) is 4.79 Å². The molecule has 22 heavy (non-hydrogen) atoms. The molecule has 1 fully saturated rings. The highest BCUT2D eigenvalue weighted by Gasteiger charge is 2.25. The molecule has 0 radical (unpaired) electrons. The van der Waals surface area contributed by atoms with Crippen LogP contribution in [0.15, 0.2) is 47.4 Å². The van der Waals surface area contributed by atoms with Gasteiger partial charge in [-0.15, -0.1) is 11.8 Å². The Kier molecular flexibility index (Phi) is 4.72. The topological polar surface area (TPSA) is 20.3 Å². The number of hydrogen-bond donors (Lipinski definition) is 0. The third kappa shape index (κ3) is 3.64. The number of amides is 1. The monoisotopic (exact) mass is 313 g/mol. The second kappa shape index (κ2) is 6.74. The molecule has 3 heteroatoms. The Balaban J connectivity index is 1.62. The number of carbonyl (C=O) groups is 1. The number of piperidine rings is 1. The molecule has 2 nitrogen and oxygen atoms in total. The zero-order chi connectivity index (χ0) is 15.5. The van der Waals surface area contributed by atoms with E-state index in [4.69, 9.17) is 0 Å². The van der Waals surface area contributed by atoms with Crippen LogP contribution in [0, 0.1) is 11.8 Å². The van der Waals surface area contributed by atoms with E-state index in [-0.39, 0.29) is 5.91 Å². The van der Waals surface area contributed by atoms with Gasteiger partial charge in [0.1, 0.15) is 0 Å². The summed E-state index contributed by atoms with van der Waals surface area (Å²) in [6, 6.07) is 14.8. The van der Waals surface area contributed by atoms with Gasteiger partial charge in [0.15, 0.2) is 0 Å². The molecular formula is C19H23NOS. The molecule has 2 aromatic rings. The molecule has 0 aromatic heterocycles. The lowest BCUT2D eigenvalue weighted by Gasteiger charge is -2.35. The smallest absolute Gasteiger partial charge is 0.232 e. The van der Waals surface area contributed by atoms with Gasteiger partial charge in [0.05, 0.1) is 5.75 Å². The molecule has 1 heterocycles. The first-order valence-electron chi connectivity index (χ1n) is 8.01. The lowest BCUT2D eigenvalue weighted by atomic mass is 9.92. The maximum absolute atomic E-state index is 12.4. The number of nitrogens with zero attached hydrogens (tertiary/aromatic N) is 1. The number of thioether (sulfide) groups is 1. The highest BCUT2D eigenvalue weighted by molar-refractivity contribution is 8.00. The van der Waals surface area contributed by atoms with Gasteiger partial charge in [-0.05, 0) is 41.2 Å². The van der Waals surface area contributed by atoms with E-state index in [0.717, 1.165) is 13.1 Å². The molecule has 0 bridgehead atoms. The van der Waals surface area contributed by atoms with E-state index in [0.29, 0.717) is 17.6 Å². The summed E-state index contributed by atoms with van der Waals surface area (Å²) in [7, 11) is 0. The molecule has 1 aliphatic rings. The number of rotatable bonds is 3. The van der Waals surface area contributed by atoms with Crippen molar-refractivity contribution in [1.29, 1.82) is 0 Å². The van der Waals surface area contributed by atoms with Crippen molar-refractivity contribution in [3.63, 3.8) is 0 Å². The molecule has 2 aromatic carbocycles. The van der Waals surface area contributed by atoms with E-state index in [1.54, 1.807) is 11.8 Å². The minimum absolute atomic E-state index is 0.275. The lowest BCUT2D eigenvalue weighted by Crippen LogP contribution is -2.43. The largest absolute Gasteiger partial charge is 0.341 e. The van der Waals surface area contributed by atoms with Gasteiger partial charge in [-0.3, -0.25) is 4.79 Å². The van der Waals surface area contributed by atoms with Crippen LogP contribution in [0.1, 0.15) is 20.3 Å². The fourth-order valence-corrected chi connectivity index (χ4v) is 4.21. The number of fused-ring (bicyclic) bond motifs is 1. The lowest BCUT2D eigenvalue weighted by molar-refractivity contribution is -0.130. The van der Waals surface area contributed by atoms with Crippen LogP contribution in [0.2, 0.25) is 0 Å². The molecule has 0 N–H and O–H groups in total. The Hall–Kier alpha value is -1.48. The summed E-state index contributed by atoms with van der Waals surface area (Å²) >= 11 is 1.65. The second-order valence-corrected chi connectivity index (χ2v) is 7.59. The van der Waals surface area contributed by atoms with Crippen molar-refractivity contribution in [2.75, 3.05) is 18.8 Å². The summed E-state index contributed by atoms with van der Waals surface area (Å²) in [5.74, 6) is 2.06. The molecule has 2 atom stereocenters. The van der Waals surface area contributed by atoms with Gasteiger partial charge in [-0.1, -0.05) is 44.2 Å². The predicted molar refractivity (Wildman–Crippen MR) is 94.2 cm³/mol. The Morgan fingerprint density at radius 1 is 1.09 bits per heavy atom. The van der Waals surface area contributed by atoms with Crippen LogP contribution < -0.4 is 0 Å². The van der Waals surface area contributed by atoms with E-state index < -0.39 is 0 Å². The van der Waals surface area contributed by atoms with Gasteiger partial charge >= 0.3 is 0 Å². The van der Waals surface area contributed by atoms with E-state index in [1.165, 1.54) is 22.1 Å². The van der Waals surface area contributed by atoms with Gasteiger partial charge in [0, 0.05) is 18.0 Å². The van der Waals surface area contributed by atoms with Gasteiger partial charge < -0.3 is 4.90 Å². The number of hydrogen-bond acceptors (Lipinski definition) is 2. The first-order chi connectivity index (χ1) is 10.6. The van der Waals surface area contributed by atoms with Crippen LogP contribution in [0.5, 0.6) is 0 Å². The van der Waals surface area contributed by atoms with Crippen LogP contribution in [-0.4, -0.2) is 29.6 Å². The summed E-state index contributed by atoms with van der Waals surface area (Å²) in [4.78, 5) is 15.7. The number of likely N-dealkylation sites (tertiary alicyclic amines) is 1. The number of carbonyl (C=O) groups excluding carboxylic acids is 1. The minimum Gasteiger partial charge on any atom is -0.341 e. The molecule has 0 saturated carbocycles. The summed E-state index contributed by atoms with van der Waals surface area (Å²) in [6.07, 6.45) is 1.24. The molecule has 0 aliphatic carbocycles. The average molecular weight is 313 g/mol. The van der Waals surface area contributed by atoms with E-state index in [2.05, 4.69) is 56.3 Å². The van der Waals surface area contributed by atoms with Crippen molar-refractivity contribution in [3.05, 3.63) is 42.5 Å². The molecule has 1 amide bonds. The van der Waals surface area contributed by atoms with Crippen molar-refractivity contribution >= 4 is 28.4 Å². The first-order valence-corrected chi connectivity index (χ1v) is 9.00. The zero-order valence-corrected chi connectivity index (χ0v) is 14.1. The molecule has 2 unspecified atom stereocenters. The van der Waals surface area contributed by atoms with Crippen molar-refractivity contribution in [2.24, 2.45) is 11.8 Å². The van der Waals surface area contributed by atoms with Crippen molar-refractivity contribution in [3.8, 4) is 0 Å². The SMILES string of the molecule is CC1CC(C)CN(C(=O)CSc2ccc3ccccc3c2)C1.